The number of nitrogens with one attached hydrogen (secondary N) is 1. The molecule has 0 unspecified atom stereocenters. The van der Waals surface area contributed by atoms with Crippen LogP contribution in [-0.2, 0) is 29.1 Å². The van der Waals surface area contributed by atoms with Crippen molar-refractivity contribution in [2.75, 3.05) is 19.6 Å². The van der Waals surface area contributed by atoms with Crippen LogP contribution in [0.15, 0.2) is 54.2 Å². The van der Waals surface area contributed by atoms with Gasteiger partial charge in [0.25, 0.3) is 5.91 Å². The van der Waals surface area contributed by atoms with Gasteiger partial charge < -0.3 is 19.5 Å². The summed E-state index contributed by atoms with van der Waals surface area (Å²) < 4.78 is 8.09. The lowest BCUT2D eigenvalue weighted by Gasteiger charge is -2.31. The molecular weight excluding hydrogens is 436 g/mol. The van der Waals surface area contributed by atoms with Crippen LogP contribution >= 0.6 is 11.3 Å². The van der Waals surface area contributed by atoms with Crippen molar-refractivity contribution in [1.29, 1.82) is 0 Å². The van der Waals surface area contributed by atoms with Crippen LogP contribution in [0.25, 0.3) is 0 Å². The van der Waals surface area contributed by atoms with Crippen LogP contribution in [0.4, 0.5) is 0 Å². The van der Waals surface area contributed by atoms with Gasteiger partial charge in [-0.1, -0.05) is 36.4 Å². The van der Waals surface area contributed by atoms with E-state index >= 15 is 0 Å². The Morgan fingerprint density at radius 1 is 1.12 bits per heavy atom. The van der Waals surface area contributed by atoms with Crippen LogP contribution in [0.2, 0.25) is 0 Å². The van der Waals surface area contributed by atoms with Crippen LogP contribution in [0, 0.1) is 5.92 Å². The first kappa shape index (κ1) is 21.9. The minimum atomic E-state index is -0.0675. The van der Waals surface area contributed by atoms with E-state index in [-0.39, 0.29) is 23.8 Å². The fourth-order valence-electron chi connectivity index (χ4n) is 4.58. The Balaban J connectivity index is 1.13. The van der Waals surface area contributed by atoms with Gasteiger partial charge in [-0.25, -0.2) is 4.98 Å². The number of hydrogen-bond acceptors (Lipinski definition) is 5. The van der Waals surface area contributed by atoms with Crippen molar-refractivity contribution in [1.82, 2.24) is 19.8 Å². The van der Waals surface area contributed by atoms with Crippen molar-refractivity contribution < 1.29 is 14.3 Å². The highest BCUT2D eigenvalue weighted by Gasteiger charge is 2.32. The summed E-state index contributed by atoms with van der Waals surface area (Å²) in [5.74, 6) is -0.0105. The highest BCUT2D eigenvalue weighted by molar-refractivity contribution is 7.09. The Bertz CT molecular complexity index is 1090. The van der Waals surface area contributed by atoms with E-state index in [1.807, 2.05) is 33.7 Å². The van der Waals surface area contributed by atoms with Gasteiger partial charge in [0.15, 0.2) is 5.69 Å². The Morgan fingerprint density at radius 3 is 2.70 bits per heavy atom. The second-order valence-corrected chi connectivity index (χ2v) is 9.62. The Kier molecular flexibility index (Phi) is 6.55. The molecule has 1 aromatic carbocycles. The Labute approximate surface area is 197 Å². The van der Waals surface area contributed by atoms with Gasteiger partial charge in [0.2, 0.25) is 5.91 Å². The maximum Gasteiger partial charge on any atom is 0.274 e. The molecule has 0 aliphatic carbocycles. The SMILES string of the molecule is O=C(NCCc1cccs1)C1CCN(C(=O)c2ncn3c2CO[C@@H](c2ccccc2)C3)CC1. The maximum atomic E-state index is 13.2. The molecule has 0 saturated carbocycles. The van der Waals surface area contributed by atoms with E-state index < -0.39 is 0 Å². The molecule has 7 nitrogen and oxygen atoms in total. The highest BCUT2D eigenvalue weighted by Crippen LogP contribution is 2.28. The van der Waals surface area contributed by atoms with Crippen LogP contribution in [0.1, 0.15) is 45.6 Å². The summed E-state index contributed by atoms with van der Waals surface area (Å²) in [4.78, 5) is 33.2. The first-order valence-electron chi connectivity index (χ1n) is 11.5. The smallest absolute Gasteiger partial charge is 0.274 e. The lowest BCUT2D eigenvalue weighted by atomic mass is 9.95. The fraction of sp³-hybridized carbons (Fsp3) is 0.400. The molecule has 4 heterocycles. The van der Waals surface area contributed by atoms with Gasteiger partial charge >= 0.3 is 0 Å². The summed E-state index contributed by atoms with van der Waals surface area (Å²) in [5.41, 5.74) is 2.43. The summed E-state index contributed by atoms with van der Waals surface area (Å²) in [6.07, 6.45) is 3.93. The summed E-state index contributed by atoms with van der Waals surface area (Å²) in [6, 6.07) is 14.2. The lowest BCUT2D eigenvalue weighted by Crippen LogP contribution is -2.43. The van der Waals surface area contributed by atoms with E-state index in [4.69, 9.17) is 4.74 Å². The van der Waals surface area contributed by atoms with Gasteiger partial charge in [-0.3, -0.25) is 9.59 Å². The van der Waals surface area contributed by atoms with Crippen molar-refractivity contribution in [2.45, 2.75) is 38.5 Å². The lowest BCUT2D eigenvalue weighted by molar-refractivity contribution is -0.126. The van der Waals surface area contributed by atoms with E-state index in [0.29, 0.717) is 51.3 Å². The molecule has 0 spiro atoms. The number of carbonyl (C=O) groups is 2. The summed E-state index contributed by atoms with van der Waals surface area (Å²) in [5, 5.41) is 5.10. The number of piperidine rings is 1. The molecular formula is C25H28N4O3S. The second kappa shape index (κ2) is 9.89. The first-order chi connectivity index (χ1) is 16.2. The van der Waals surface area contributed by atoms with Gasteiger partial charge in [0, 0.05) is 30.4 Å². The molecule has 1 atom stereocenters. The summed E-state index contributed by atoms with van der Waals surface area (Å²) in [6.45, 7) is 2.81. The number of nitrogens with zero attached hydrogens (tertiary/aromatic N) is 3. The number of likely N-dealkylation sites (tertiary alicyclic amines) is 1. The van der Waals surface area contributed by atoms with Crippen molar-refractivity contribution in [3.05, 3.63) is 76.0 Å². The standard InChI is InChI=1S/C25H28N4O3S/c30-24(26-11-8-20-7-4-14-33-20)19-9-12-28(13-10-19)25(31)23-21-16-32-22(15-29(21)17-27-23)18-5-2-1-3-6-18/h1-7,14,17,19,22H,8-13,15-16H2,(H,26,30)/t22-/m1/s1. The topological polar surface area (TPSA) is 76.5 Å². The molecule has 8 heteroatoms. The molecule has 1 saturated heterocycles. The molecule has 2 amide bonds. The van der Waals surface area contributed by atoms with E-state index in [1.54, 1.807) is 17.7 Å². The summed E-state index contributed by atoms with van der Waals surface area (Å²) in [7, 11) is 0. The van der Waals surface area contributed by atoms with E-state index in [0.717, 1.165) is 17.7 Å². The highest BCUT2D eigenvalue weighted by atomic mass is 32.1. The third-order valence-electron chi connectivity index (χ3n) is 6.51. The van der Waals surface area contributed by atoms with E-state index in [2.05, 4.69) is 33.9 Å². The van der Waals surface area contributed by atoms with Crippen LogP contribution in [0.3, 0.4) is 0 Å². The zero-order valence-electron chi connectivity index (χ0n) is 18.5. The van der Waals surface area contributed by atoms with Crippen molar-refractivity contribution in [2.24, 2.45) is 5.92 Å². The number of hydrogen-bond donors (Lipinski definition) is 1. The molecule has 0 radical (unpaired) electrons. The zero-order chi connectivity index (χ0) is 22.6. The fourth-order valence-corrected chi connectivity index (χ4v) is 5.29. The summed E-state index contributed by atoms with van der Waals surface area (Å²) >= 11 is 1.71. The number of carbonyl (C=O) groups excluding carboxylic acids is 2. The molecule has 1 N–H and O–H groups in total. The Morgan fingerprint density at radius 2 is 1.94 bits per heavy atom. The maximum absolute atomic E-state index is 13.2. The number of amides is 2. The number of fused-ring (bicyclic) bond motifs is 1. The molecule has 2 aromatic heterocycles. The first-order valence-corrected chi connectivity index (χ1v) is 12.4. The van der Waals surface area contributed by atoms with Crippen LogP contribution < -0.4 is 5.32 Å². The molecule has 1 fully saturated rings. The predicted molar refractivity (Wildman–Crippen MR) is 126 cm³/mol. The largest absolute Gasteiger partial charge is 0.365 e. The molecule has 172 valence electrons. The predicted octanol–water partition coefficient (Wildman–Crippen LogP) is 3.43. The van der Waals surface area contributed by atoms with Crippen molar-refractivity contribution in [3.63, 3.8) is 0 Å². The van der Waals surface area contributed by atoms with Gasteiger partial charge in [-0.2, -0.15) is 0 Å². The van der Waals surface area contributed by atoms with Gasteiger partial charge in [-0.05, 0) is 36.3 Å². The van der Waals surface area contributed by atoms with Gasteiger partial charge in [-0.15, -0.1) is 11.3 Å². The second-order valence-electron chi connectivity index (χ2n) is 8.59. The Hall–Kier alpha value is -2.97. The third kappa shape index (κ3) is 4.86. The zero-order valence-corrected chi connectivity index (χ0v) is 19.3. The average Bonchev–Trinajstić information content (AvgIpc) is 3.54. The third-order valence-corrected chi connectivity index (χ3v) is 7.44. The minimum Gasteiger partial charge on any atom is -0.365 e. The molecule has 5 rings (SSSR count). The van der Waals surface area contributed by atoms with E-state index in [1.165, 1.54) is 4.88 Å². The quantitative estimate of drug-likeness (QED) is 0.607. The normalized spacial score (nSPS) is 18.7. The number of thiophene rings is 1. The molecule has 2 aliphatic rings. The number of aromatic nitrogens is 2. The van der Waals surface area contributed by atoms with Crippen LogP contribution in [-0.4, -0.2) is 45.9 Å². The molecule has 33 heavy (non-hydrogen) atoms. The van der Waals surface area contributed by atoms with Crippen molar-refractivity contribution in [3.8, 4) is 0 Å². The van der Waals surface area contributed by atoms with E-state index in [9.17, 15) is 9.59 Å². The van der Waals surface area contributed by atoms with Gasteiger partial charge in [0.05, 0.1) is 25.2 Å². The molecule has 2 aliphatic heterocycles. The molecule has 0 bridgehead atoms. The van der Waals surface area contributed by atoms with Crippen molar-refractivity contribution >= 4 is 23.2 Å². The number of imidazole rings is 1. The monoisotopic (exact) mass is 464 g/mol. The van der Waals surface area contributed by atoms with Gasteiger partial charge in [0.1, 0.15) is 6.10 Å². The van der Waals surface area contributed by atoms with Crippen LogP contribution in [0.5, 0.6) is 0 Å². The minimum absolute atomic E-state index is 0.0371. The number of ether oxygens (including phenoxy) is 1. The average molecular weight is 465 g/mol. The number of rotatable bonds is 6. The molecule has 3 aromatic rings. The number of benzene rings is 1.